The number of nitrogens with two attached hydrogens (primary N) is 3. The molecule has 64 heavy (non-hydrogen) atoms. The van der Waals surface area contributed by atoms with E-state index in [4.69, 9.17) is 17.2 Å². The van der Waals surface area contributed by atoms with Crippen LogP contribution in [0.5, 0.6) is 0 Å². The highest BCUT2D eigenvalue weighted by molar-refractivity contribution is 6.01. The van der Waals surface area contributed by atoms with E-state index < -0.39 is 120 Å². The minimum absolute atomic E-state index is 0.00195. The minimum atomic E-state index is -1.83. The second kappa shape index (κ2) is 27.3. The largest absolute Gasteiger partial charge is 0.394 e. The van der Waals surface area contributed by atoms with Crippen LogP contribution in [0, 0.1) is 35.5 Å². The number of unbranched alkanes of at least 4 members (excludes halogenated alkanes) is 1. The molecule has 0 spiro atoms. The molecule has 0 bridgehead atoms. The van der Waals surface area contributed by atoms with Crippen LogP contribution in [0.1, 0.15) is 112 Å². The van der Waals surface area contributed by atoms with Gasteiger partial charge in [-0.3, -0.25) is 43.2 Å². The Bertz CT molecular complexity index is 1760. The molecule has 1 aliphatic heterocycles. The van der Waals surface area contributed by atoms with Crippen LogP contribution in [0.4, 0.5) is 0 Å². The monoisotopic (exact) mass is 899 g/mol. The van der Waals surface area contributed by atoms with Gasteiger partial charge in [-0.2, -0.15) is 0 Å². The first kappa shape index (κ1) is 55.1. The van der Waals surface area contributed by atoms with E-state index in [2.05, 4.69) is 26.6 Å². The molecule has 0 aromatic heterocycles. The first-order chi connectivity index (χ1) is 30.1. The maximum Gasteiger partial charge on any atom is 0.243 e. The normalized spacial score (nSPS) is 21.9. The minimum Gasteiger partial charge on any atom is -0.394 e. The van der Waals surface area contributed by atoms with Crippen LogP contribution in [-0.4, -0.2) is 107 Å². The van der Waals surface area contributed by atoms with Crippen molar-refractivity contribution in [3.63, 3.8) is 0 Å². The van der Waals surface area contributed by atoms with E-state index in [1.54, 1.807) is 0 Å². The number of nitrogens with one attached hydrogen (secondary N) is 5. The summed E-state index contributed by atoms with van der Waals surface area (Å²) in [7, 11) is 0. The number of Topliss-reactive ketones (excluding diaryl/α,β-unsaturated/α-hetero) is 3. The Labute approximate surface area is 377 Å². The van der Waals surface area contributed by atoms with Gasteiger partial charge in [0.2, 0.25) is 35.4 Å². The van der Waals surface area contributed by atoms with Gasteiger partial charge in [0.1, 0.15) is 18.1 Å². The van der Waals surface area contributed by atoms with E-state index in [0.29, 0.717) is 25.8 Å². The first-order valence-corrected chi connectivity index (χ1v) is 22.6. The molecule has 2 rings (SSSR count). The third-order valence-corrected chi connectivity index (χ3v) is 11.3. The zero-order chi connectivity index (χ0) is 48.3. The zero-order valence-electron chi connectivity index (χ0n) is 38.7. The van der Waals surface area contributed by atoms with Gasteiger partial charge in [0, 0.05) is 31.1 Å². The van der Waals surface area contributed by atoms with E-state index in [1.165, 1.54) is 6.92 Å². The van der Waals surface area contributed by atoms with E-state index >= 15 is 0 Å². The Morgan fingerprint density at radius 3 is 1.97 bits per heavy atom. The molecule has 1 unspecified atom stereocenters. The Kier molecular flexibility index (Phi) is 23.5. The number of ketones is 3. The molecule has 1 saturated heterocycles. The number of aliphatic hydroxyl groups is 1. The fourth-order valence-electron chi connectivity index (χ4n) is 7.76. The predicted octanol–water partition coefficient (Wildman–Crippen LogP) is 0.485. The highest BCUT2D eigenvalue weighted by atomic mass is 16.3. The molecule has 0 aliphatic carbocycles. The molecule has 1 fully saturated rings. The fourth-order valence-corrected chi connectivity index (χ4v) is 7.76. The summed E-state index contributed by atoms with van der Waals surface area (Å²) in [5.74, 6) is -10.5. The highest BCUT2D eigenvalue weighted by Crippen LogP contribution is 2.22. The van der Waals surface area contributed by atoms with Crippen LogP contribution < -0.4 is 43.8 Å². The second-order valence-electron chi connectivity index (χ2n) is 18.5. The van der Waals surface area contributed by atoms with E-state index in [0.717, 1.165) is 5.56 Å². The molecular weight excluding hydrogens is 825 g/mol. The second-order valence-corrected chi connectivity index (χ2v) is 18.5. The summed E-state index contributed by atoms with van der Waals surface area (Å²) in [6.45, 7) is 11.9. The number of primary amides is 1. The van der Waals surface area contributed by atoms with Crippen molar-refractivity contribution < 1.29 is 48.3 Å². The number of carbonyl (C=O) groups is 9. The summed E-state index contributed by atoms with van der Waals surface area (Å²) in [5, 5.41) is 23.4. The SMILES string of the molecule is CC(C)C[C@@H]1CC(=O)[C@H](C)NC(=O)C(CC(=O)[C@H](CO)NC(=O)[C@@H](CCCCN)CC(=O)[C@@H](CC(C)C)NC(=O)[C@@H](N)Cc2ccccc2)[C@H](C(N)=O)NC(=O)[C@H](CC(C)C)NC1=O. The van der Waals surface area contributed by atoms with Crippen LogP contribution in [0.25, 0.3) is 0 Å². The summed E-state index contributed by atoms with van der Waals surface area (Å²) >= 11 is 0. The van der Waals surface area contributed by atoms with Crippen molar-refractivity contribution in [1.82, 2.24) is 26.6 Å². The zero-order valence-corrected chi connectivity index (χ0v) is 38.7. The Morgan fingerprint density at radius 2 is 1.41 bits per heavy atom. The van der Waals surface area contributed by atoms with Gasteiger partial charge in [-0.15, -0.1) is 0 Å². The fraction of sp³-hybridized carbons (Fsp3) is 0.674. The molecule has 0 radical (unpaired) electrons. The lowest BCUT2D eigenvalue weighted by Crippen LogP contribution is -2.59. The number of hydrogen-bond donors (Lipinski definition) is 9. The Hall–Kier alpha value is -5.07. The molecular formula is C46H74N8O10. The molecule has 0 saturated carbocycles. The summed E-state index contributed by atoms with van der Waals surface area (Å²) in [4.78, 5) is 123. The molecule has 358 valence electrons. The molecule has 1 aromatic rings. The van der Waals surface area contributed by atoms with Crippen molar-refractivity contribution in [1.29, 1.82) is 0 Å². The highest BCUT2D eigenvalue weighted by Gasteiger charge is 2.41. The molecule has 18 heteroatoms. The van der Waals surface area contributed by atoms with Gasteiger partial charge in [0.05, 0.1) is 30.7 Å². The van der Waals surface area contributed by atoms with Crippen LogP contribution in [0.15, 0.2) is 30.3 Å². The molecule has 9 atom stereocenters. The number of benzene rings is 1. The van der Waals surface area contributed by atoms with Gasteiger partial charge < -0.3 is 48.9 Å². The van der Waals surface area contributed by atoms with Crippen molar-refractivity contribution in [2.24, 2.45) is 52.7 Å². The van der Waals surface area contributed by atoms with Crippen molar-refractivity contribution in [2.75, 3.05) is 13.2 Å². The van der Waals surface area contributed by atoms with Gasteiger partial charge in [-0.05, 0) is 75.3 Å². The average Bonchev–Trinajstić information content (AvgIpc) is 3.22. The standard InChI is InChI=1S/C46H74N8O10/c1-25(2)17-31-22-37(56)28(7)50-44(62)32(40(41(49)59)54-46(64)35(19-27(5)6)52-43(31)61)23-39(58)36(24-55)53-42(60)30(15-11-12-16-47)21-38(57)34(18-26(3)4)51-45(63)33(48)20-29-13-9-8-10-14-29/h8-10,13-14,25-28,30-36,40,55H,11-12,15-24,47-48H2,1-7H3,(H2,49,59)(H,50,62)(H,51,63)(H,52,61)(H,53,60)(H,54,64)/t28-,30-,31+,32?,33-,34+,35-,36-,40+/m0/s1. The first-order valence-electron chi connectivity index (χ1n) is 22.6. The summed E-state index contributed by atoms with van der Waals surface area (Å²) in [6.07, 6.45) is 0.586. The van der Waals surface area contributed by atoms with Crippen LogP contribution in [0.2, 0.25) is 0 Å². The molecule has 6 amide bonds. The van der Waals surface area contributed by atoms with Crippen molar-refractivity contribution in [3.8, 4) is 0 Å². The lowest BCUT2D eigenvalue weighted by Gasteiger charge is -2.29. The van der Waals surface area contributed by atoms with E-state index in [9.17, 15) is 48.3 Å². The van der Waals surface area contributed by atoms with Crippen molar-refractivity contribution in [3.05, 3.63) is 35.9 Å². The van der Waals surface area contributed by atoms with Crippen molar-refractivity contribution in [2.45, 2.75) is 149 Å². The van der Waals surface area contributed by atoms with Gasteiger partial charge in [0.15, 0.2) is 17.3 Å². The van der Waals surface area contributed by atoms with E-state index in [1.807, 2.05) is 71.9 Å². The topological polar surface area (TPSA) is 312 Å². The van der Waals surface area contributed by atoms with Gasteiger partial charge in [-0.1, -0.05) is 78.3 Å². The average molecular weight is 899 g/mol. The molecule has 12 N–H and O–H groups in total. The lowest BCUT2D eigenvalue weighted by molar-refractivity contribution is -0.139. The summed E-state index contributed by atoms with van der Waals surface area (Å²) < 4.78 is 0. The third kappa shape index (κ3) is 18.6. The maximum absolute atomic E-state index is 14.0. The third-order valence-electron chi connectivity index (χ3n) is 11.3. The predicted molar refractivity (Wildman–Crippen MR) is 240 cm³/mol. The summed E-state index contributed by atoms with van der Waals surface area (Å²) in [6, 6.07) is 1.36. The van der Waals surface area contributed by atoms with E-state index in [-0.39, 0.29) is 56.3 Å². The molecule has 1 aliphatic rings. The maximum atomic E-state index is 14.0. The van der Waals surface area contributed by atoms with Crippen LogP contribution in [-0.2, 0) is 49.6 Å². The smallest absolute Gasteiger partial charge is 0.243 e. The Morgan fingerprint density at radius 1 is 0.781 bits per heavy atom. The van der Waals surface area contributed by atoms with Gasteiger partial charge in [-0.25, -0.2) is 0 Å². The van der Waals surface area contributed by atoms with Crippen LogP contribution in [0.3, 0.4) is 0 Å². The van der Waals surface area contributed by atoms with Crippen LogP contribution >= 0.6 is 0 Å². The van der Waals surface area contributed by atoms with Gasteiger partial charge >= 0.3 is 0 Å². The number of rotatable bonds is 24. The molecule has 1 heterocycles. The van der Waals surface area contributed by atoms with Gasteiger partial charge in [0.25, 0.3) is 0 Å². The number of hydrogen-bond acceptors (Lipinski definition) is 12. The number of amides is 6. The summed E-state index contributed by atoms with van der Waals surface area (Å²) in [5.41, 5.74) is 18.5. The number of carbonyl (C=O) groups excluding carboxylic acids is 9. The molecule has 18 nitrogen and oxygen atoms in total. The lowest BCUT2D eigenvalue weighted by atomic mass is 9.88. The molecule has 1 aromatic carbocycles. The Balaban J connectivity index is 2.42. The van der Waals surface area contributed by atoms with Crippen molar-refractivity contribution >= 4 is 52.8 Å². The number of aliphatic hydroxyl groups excluding tert-OH is 1. The quantitative estimate of drug-likeness (QED) is 0.0641.